The maximum atomic E-state index is 11.4. The molecule has 6 nitrogen and oxygen atoms in total. The first-order valence-corrected chi connectivity index (χ1v) is 4.51. The second kappa shape index (κ2) is 4.28. The Balaban J connectivity index is 2.13. The zero-order chi connectivity index (χ0) is 10.6. The molecule has 0 atom stereocenters. The Morgan fingerprint density at radius 2 is 2.07 bits per heavy atom. The maximum absolute atomic E-state index is 11.4. The van der Waals surface area contributed by atoms with Gasteiger partial charge in [-0.2, -0.15) is 0 Å². The summed E-state index contributed by atoms with van der Waals surface area (Å²) in [4.78, 5) is 21.6. The Morgan fingerprint density at radius 3 is 2.50 bits per heavy atom. The van der Waals surface area contributed by atoms with Crippen molar-refractivity contribution in [1.82, 2.24) is 5.32 Å². The van der Waals surface area contributed by atoms with Crippen LogP contribution >= 0.6 is 0 Å². The van der Waals surface area contributed by atoms with E-state index in [1.54, 1.807) is 0 Å². The van der Waals surface area contributed by atoms with Crippen LogP contribution in [-0.2, 0) is 9.53 Å². The Kier molecular flexibility index (Phi) is 3.29. The van der Waals surface area contributed by atoms with Gasteiger partial charge in [0.05, 0.1) is 12.0 Å². The molecule has 80 valence electrons. The van der Waals surface area contributed by atoms with E-state index in [4.69, 9.17) is 11.5 Å². The smallest absolute Gasteiger partial charge is 0.404 e. The third-order valence-corrected chi connectivity index (χ3v) is 2.36. The van der Waals surface area contributed by atoms with Gasteiger partial charge in [-0.15, -0.1) is 0 Å². The Labute approximate surface area is 82.0 Å². The number of hydrogen-bond acceptors (Lipinski definition) is 4. The summed E-state index contributed by atoms with van der Waals surface area (Å²) in [6.45, 7) is 0.751. The van der Waals surface area contributed by atoms with Crippen molar-refractivity contribution in [2.75, 3.05) is 19.7 Å². The van der Waals surface area contributed by atoms with E-state index in [9.17, 15) is 9.59 Å². The molecule has 1 aliphatic rings. The molecule has 0 aromatic heterocycles. The fourth-order valence-corrected chi connectivity index (χ4v) is 1.18. The van der Waals surface area contributed by atoms with Gasteiger partial charge in [-0.05, 0) is 12.8 Å². The second-order valence-corrected chi connectivity index (χ2v) is 3.41. The van der Waals surface area contributed by atoms with Gasteiger partial charge in [-0.3, -0.25) is 4.79 Å². The molecule has 0 radical (unpaired) electrons. The van der Waals surface area contributed by atoms with Crippen molar-refractivity contribution in [3.63, 3.8) is 0 Å². The van der Waals surface area contributed by atoms with Gasteiger partial charge in [0.1, 0.15) is 6.61 Å². The number of nitrogens with two attached hydrogens (primary N) is 2. The first-order chi connectivity index (χ1) is 6.60. The standard InChI is InChI=1S/C8H15N3O3/c9-5-8(1-2-8)6(12)11-3-4-14-7(10)13/h1-5,9H2,(H2,10,13)(H,11,12). The highest BCUT2D eigenvalue weighted by Gasteiger charge is 2.48. The number of amides is 2. The van der Waals surface area contributed by atoms with E-state index in [-0.39, 0.29) is 24.5 Å². The SMILES string of the molecule is NCC1(C(=O)NCCOC(N)=O)CC1. The summed E-state index contributed by atoms with van der Waals surface area (Å²) >= 11 is 0. The molecule has 1 rings (SSSR count). The van der Waals surface area contributed by atoms with Crippen LogP contribution in [0.5, 0.6) is 0 Å². The van der Waals surface area contributed by atoms with Crippen molar-refractivity contribution in [3.8, 4) is 0 Å². The molecule has 0 bridgehead atoms. The third-order valence-electron chi connectivity index (χ3n) is 2.36. The molecule has 6 heteroatoms. The molecule has 0 spiro atoms. The summed E-state index contributed by atoms with van der Waals surface area (Å²) in [5.41, 5.74) is 9.84. The molecule has 0 aromatic carbocycles. The highest BCUT2D eigenvalue weighted by Crippen LogP contribution is 2.44. The zero-order valence-corrected chi connectivity index (χ0v) is 7.91. The van der Waals surface area contributed by atoms with E-state index in [2.05, 4.69) is 10.1 Å². The van der Waals surface area contributed by atoms with Crippen LogP contribution in [-0.4, -0.2) is 31.7 Å². The Hall–Kier alpha value is -1.30. The summed E-state index contributed by atoms with van der Waals surface area (Å²) in [7, 11) is 0. The minimum absolute atomic E-state index is 0.0620. The predicted octanol–water partition coefficient (Wildman–Crippen LogP) is -1.06. The molecule has 0 saturated heterocycles. The normalized spacial score (nSPS) is 17.2. The van der Waals surface area contributed by atoms with E-state index in [0.29, 0.717) is 6.54 Å². The number of primary amides is 1. The lowest BCUT2D eigenvalue weighted by atomic mass is 10.1. The van der Waals surface area contributed by atoms with E-state index in [1.807, 2.05) is 0 Å². The third kappa shape index (κ3) is 2.59. The molecule has 1 aliphatic carbocycles. The van der Waals surface area contributed by atoms with Crippen molar-refractivity contribution in [3.05, 3.63) is 0 Å². The molecular formula is C8H15N3O3. The summed E-state index contributed by atoms with van der Waals surface area (Å²) in [5, 5.41) is 2.64. The number of carbonyl (C=O) groups is 2. The van der Waals surface area contributed by atoms with Crippen LogP contribution in [0.2, 0.25) is 0 Å². The van der Waals surface area contributed by atoms with Crippen molar-refractivity contribution < 1.29 is 14.3 Å². The number of rotatable bonds is 5. The fourth-order valence-electron chi connectivity index (χ4n) is 1.18. The summed E-state index contributed by atoms with van der Waals surface area (Å²) in [6.07, 6.45) is 0.845. The van der Waals surface area contributed by atoms with Gasteiger partial charge in [0, 0.05) is 6.54 Å². The van der Waals surface area contributed by atoms with Gasteiger partial charge in [0.2, 0.25) is 5.91 Å². The number of hydrogen-bond donors (Lipinski definition) is 3. The van der Waals surface area contributed by atoms with Crippen LogP contribution in [0.3, 0.4) is 0 Å². The lowest BCUT2D eigenvalue weighted by Gasteiger charge is -2.12. The second-order valence-electron chi connectivity index (χ2n) is 3.41. The summed E-state index contributed by atoms with van der Waals surface area (Å²) < 4.78 is 4.45. The zero-order valence-electron chi connectivity index (χ0n) is 7.91. The van der Waals surface area contributed by atoms with Crippen molar-refractivity contribution in [2.45, 2.75) is 12.8 Å². The Bertz CT molecular complexity index is 238. The largest absolute Gasteiger partial charge is 0.448 e. The molecule has 0 aromatic rings. The van der Waals surface area contributed by atoms with E-state index in [1.165, 1.54) is 0 Å². The van der Waals surface area contributed by atoms with Crippen LogP contribution in [0, 0.1) is 5.41 Å². The topological polar surface area (TPSA) is 107 Å². The molecule has 0 aliphatic heterocycles. The van der Waals surface area contributed by atoms with E-state index >= 15 is 0 Å². The minimum atomic E-state index is -0.834. The van der Waals surface area contributed by atoms with Gasteiger partial charge < -0.3 is 21.5 Å². The van der Waals surface area contributed by atoms with Gasteiger partial charge in [-0.1, -0.05) is 0 Å². The Morgan fingerprint density at radius 1 is 1.43 bits per heavy atom. The summed E-state index contributed by atoms with van der Waals surface area (Å²) in [5.74, 6) is -0.0620. The van der Waals surface area contributed by atoms with Gasteiger partial charge in [0.15, 0.2) is 0 Å². The monoisotopic (exact) mass is 201 g/mol. The van der Waals surface area contributed by atoms with Crippen LogP contribution in [0.25, 0.3) is 0 Å². The maximum Gasteiger partial charge on any atom is 0.404 e. The summed E-state index contributed by atoms with van der Waals surface area (Å²) in [6, 6.07) is 0. The van der Waals surface area contributed by atoms with Crippen LogP contribution in [0.4, 0.5) is 4.79 Å². The molecule has 0 heterocycles. The average Bonchev–Trinajstić information content (AvgIpc) is 2.92. The van der Waals surface area contributed by atoms with E-state index in [0.717, 1.165) is 12.8 Å². The quantitative estimate of drug-likeness (QED) is 0.492. The minimum Gasteiger partial charge on any atom is -0.448 e. The van der Waals surface area contributed by atoms with Gasteiger partial charge in [0.25, 0.3) is 0 Å². The molecule has 0 unspecified atom stereocenters. The molecule has 5 N–H and O–H groups in total. The predicted molar refractivity (Wildman–Crippen MR) is 49.3 cm³/mol. The lowest BCUT2D eigenvalue weighted by molar-refractivity contribution is -0.126. The average molecular weight is 201 g/mol. The lowest BCUT2D eigenvalue weighted by Crippen LogP contribution is -2.38. The van der Waals surface area contributed by atoms with Gasteiger partial charge >= 0.3 is 6.09 Å². The number of ether oxygens (including phenoxy) is 1. The molecule has 1 fully saturated rings. The molecular weight excluding hydrogens is 186 g/mol. The van der Waals surface area contributed by atoms with Gasteiger partial charge in [-0.25, -0.2) is 4.79 Å². The molecule has 2 amide bonds. The van der Waals surface area contributed by atoms with Crippen molar-refractivity contribution in [2.24, 2.45) is 16.9 Å². The molecule has 14 heavy (non-hydrogen) atoms. The number of carbonyl (C=O) groups excluding carboxylic acids is 2. The van der Waals surface area contributed by atoms with Crippen molar-refractivity contribution in [1.29, 1.82) is 0 Å². The van der Waals surface area contributed by atoms with E-state index < -0.39 is 6.09 Å². The first-order valence-electron chi connectivity index (χ1n) is 4.51. The number of nitrogens with one attached hydrogen (secondary N) is 1. The first kappa shape index (κ1) is 10.8. The van der Waals surface area contributed by atoms with Crippen molar-refractivity contribution >= 4 is 12.0 Å². The van der Waals surface area contributed by atoms with Crippen LogP contribution < -0.4 is 16.8 Å². The van der Waals surface area contributed by atoms with Crippen LogP contribution in [0.1, 0.15) is 12.8 Å². The molecule has 1 saturated carbocycles. The van der Waals surface area contributed by atoms with Crippen LogP contribution in [0.15, 0.2) is 0 Å². The highest BCUT2D eigenvalue weighted by molar-refractivity contribution is 5.85. The fraction of sp³-hybridized carbons (Fsp3) is 0.750. The highest BCUT2D eigenvalue weighted by atomic mass is 16.5.